The third-order valence-corrected chi connectivity index (χ3v) is 4.32. The van der Waals surface area contributed by atoms with Crippen molar-refractivity contribution in [3.63, 3.8) is 0 Å². The van der Waals surface area contributed by atoms with E-state index in [9.17, 15) is 18.0 Å². The Labute approximate surface area is 112 Å². The summed E-state index contributed by atoms with van der Waals surface area (Å²) in [5.74, 6) is -1.94. The van der Waals surface area contributed by atoms with E-state index in [0.717, 1.165) is 4.31 Å². The zero-order valence-electron chi connectivity index (χ0n) is 11.4. The number of ether oxygens (including phenoxy) is 1. The minimum Gasteiger partial charge on any atom is -0.480 e. The SMILES string of the molecule is COC(=O)CC[C@H](NS(=O)(=O)N(C)C(C)C)C(=O)O. The van der Waals surface area contributed by atoms with Crippen molar-refractivity contribution >= 4 is 22.1 Å². The molecular formula is C10H20N2O6S. The first-order chi connectivity index (χ1) is 8.61. The van der Waals surface area contributed by atoms with Gasteiger partial charge in [-0.15, -0.1) is 0 Å². The summed E-state index contributed by atoms with van der Waals surface area (Å²) >= 11 is 0. The van der Waals surface area contributed by atoms with Crippen LogP contribution in [0.1, 0.15) is 26.7 Å². The van der Waals surface area contributed by atoms with Gasteiger partial charge in [-0.25, -0.2) is 0 Å². The van der Waals surface area contributed by atoms with Crippen molar-refractivity contribution in [3.05, 3.63) is 0 Å². The molecule has 8 nitrogen and oxygen atoms in total. The fourth-order valence-corrected chi connectivity index (χ4v) is 2.44. The van der Waals surface area contributed by atoms with Gasteiger partial charge in [0.2, 0.25) is 0 Å². The summed E-state index contributed by atoms with van der Waals surface area (Å²) in [6, 6.07) is -1.68. The molecule has 0 aliphatic heterocycles. The number of methoxy groups -OCH3 is 1. The van der Waals surface area contributed by atoms with Gasteiger partial charge in [-0.1, -0.05) is 0 Å². The lowest BCUT2D eigenvalue weighted by atomic mass is 10.2. The second-order valence-electron chi connectivity index (χ2n) is 4.24. The third-order valence-electron chi connectivity index (χ3n) is 2.56. The lowest BCUT2D eigenvalue weighted by molar-refractivity contribution is -0.142. The van der Waals surface area contributed by atoms with Gasteiger partial charge in [0, 0.05) is 19.5 Å². The minimum absolute atomic E-state index is 0.173. The number of aliphatic carboxylic acids is 1. The molecule has 0 spiro atoms. The number of hydrogen-bond donors (Lipinski definition) is 2. The molecule has 0 aliphatic carbocycles. The molecule has 0 aliphatic rings. The summed E-state index contributed by atoms with van der Waals surface area (Å²) in [5.41, 5.74) is 0. The fraction of sp³-hybridized carbons (Fsp3) is 0.800. The van der Waals surface area contributed by atoms with Gasteiger partial charge < -0.3 is 9.84 Å². The van der Waals surface area contributed by atoms with Crippen molar-refractivity contribution < 1.29 is 27.9 Å². The quantitative estimate of drug-likeness (QED) is 0.587. The van der Waals surface area contributed by atoms with Crippen molar-refractivity contribution in [1.82, 2.24) is 9.03 Å². The largest absolute Gasteiger partial charge is 0.480 e. The number of nitrogens with one attached hydrogen (secondary N) is 1. The maximum absolute atomic E-state index is 11.8. The van der Waals surface area contributed by atoms with E-state index in [-0.39, 0.29) is 18.9 Å². The maximum Gasteiger partial charge on any atom is 0.321 e. The van der Waals surface area contributed by atoms with Crippen LogP contribution in [-0.2, 0) is 24.5 Å². The van der Waals surface area contributed by atoms with Crippen LogP contribution < -0.4 is 4.72 Å². The normalized spacial score (nSPS) is 13.6. The molecule has 0 amide bonds. The second kappa shape index (κ2) is 7.41. The summed E-state index contributed by atoms with van der Waals surface area (Å²) < 4.78 is 31.1. The molecule has 1 atom stereocenters. The van der Waals surface area contributed by atoms with E-state index >= 15 is 0 Å². The standard InChI is InChI=1S/C10H20N2O6S/c1-7(2)12(3)19(16,17)11-8(10(14)15)5-6-9(13)18-4/h7-8,11H,5-6H2,1-4H3,(H,14,15)/t8-/m0/s1. The van der Waals surface area contributed by atoms with Crippen molar-refractivity contribution in [2.24, 2.45) is 0 Å². The molecule has 0 aromatic carbocycles. The lowest BCUT2D eigenvalue weighted by Crippen LogP contribution is -2.49. The molecule has 0 fully saturated rings. The lowest BCUT2D eigenvalue weighted by Gasteiger charge is -2.23. The predicted molar refractivity (Wildman–Crippen MR) is 67.6 cm³/mol. The summed E-state index contributed by atoms with van der Waals surface area (Å²) in [6.45, 7) is 3.31. The zero-order chi connectivity index (χ0) is 15.2. The number of carbonyl (C=O) groups is 2. The number of carbonyl (C=O) groups excluding carboxylic acids is 1. The summed E-state index contributed by atoms with van der Waals surface area (Å²) in [4.78, 5) is 21.9. The Hall–Kier alpha value is -1.19. The van der Waals surface area contributed by atoms with Crippen LogP contribution in [0.4, 0.5) is 0 Å². The van der Waals surface area contributed by atoms with Crippen LogP contribution in [-0.4, -0.2) is 56.0 Å². The van der Waals surface area contributed by atoms with Crippen molar-refractivity contribution in [1.29, 1.82) is 0 Å². The topological polar surface area (TPSA) is 113 Å². The summed E-state index contributed by atoms with van der Waals surface area (Å²) in [7, 11) is -1.39. The van der Waals surface area contributed by atoms with Gasteiger partial charge >= 0.3 is 11.9 Å². The summed E-state index contributed by atoms with van der Waals surface area (Å²) in [6.07, 6.45) is -0.353. The molecule has 112 valence electrons. The van der Waals surface area contributed by atoms with Gasteiger partial charge in [0.1, 0.15) is 6.04 Å². The van der Waals surface area contributed by atoms with Crippen LogP contribution in [0.3, 0.4) is 0 Å². The first kappa shape index (κ1) is 17.8. The van der Waals surface area contributed by atoms with E-state index in [0.29, 0.717) is 0 Å². The number of carboxylic acid groups (broad SMARTS) is 1. The first-order valence-electron chi connectivity index (χ1n) is 5.66. The summed E-state index contributed by atoms with van der Waals surface area (Å²) in [5, 5.41) is 8.94. The molecule has 0 aromatic heterocycles. The molecule has 9 heteroatoms. The Morgan fingerprint density at radius 1 is 1.37 bits per heavy atom. The van der Waals surface area contributed by atoms with Gasteiger partial charge in [0.15, 0.2) is 0 Å². The molecule has 2 N–H and O–H groups in total. The Morgan fingerprint density at radius 2 is 1.89 bits per heavy atom. The Balaban J connectivity index is 4.76. The molecule has 0 heterocycles. The number of carboxylic acids is 1. The Morgan fingerprint density at radius 3 is 2.26 bits per heavy atom. The molecule has 0 saturated carbocycles. The third kappa shape index (κ3) is 5.99. The first-order valence-corrected chi connectivity index (χ1v) is 7.10. The highest BCUT2D eigenvalue weighted by molar-refractivity contribution is 7.87. The van der Waals surface area contributed by atoms with Gasteiger partial charge in [-0.05, 0) is 20.3 Å². The molecule has 0 radical (unpaired) electrons. The van der Waals surface area contributed by atoms with Crippen LogP contribution in [0.25, 0.3) is 0 Å². The molecule has 0 rings (SSSR count). The van der Waals surface area contributed by atoms with Crippen LogP contribution in [0.5, 0.6) is 0 Å². The van der Waals surface area contributed by atoms with E-state index in [1.165, 1.54) is 14.2 Å². The van der Waals surface area contributed by atoms with Crippen LogP contribution >= 0.6 is 0 Å². The van der Waals surface area contributed by atoms with Crippen molar-refractivity contribution in [3.8, 4) is 0 Å². The van der Waals surface area contributed by atoms with E-state index < -0.39 is 28.2 Å². The zero-order valence-corrected chi connectivity index (χ0v) is 12.2. The molecular weight excluding hydrogens is 276 g/mol. The number of nitrogens with zero attached hydrogens (tertiary/aromatic N) is 1. The van der Waals surface area contributed by atoms with E-state index in [2.05, 4.69) is 4.74 Å². The molecule has 0 saturated heterocycles. The number of esters is 1. The van der Waals surface area contributed by atoms with E-state index in [1.807, 2.05) is 4.72 Å². The second-order valence-corrected chi connectivity index (χ2v) is 6.00. The van der Waals surface area contributed by atoms with Gasteiger partial charge in [-0.3, -0.25) is 9.59 Å². The minimum atomic E-state index is -3.91. The highest BCUT2D eigenvalue weighted by Crippen LogP contribution is 2.06. The van der Waals surface area contributed by atoms with Crippen molar-refractivity contribution in [2.75, 3.05) is 14.2 Å². The van der Waals surface area contributed by atoms with Gasteiger partial charge in [-0.2, -0.15) is 17.4 Å². The monoisotopic (exact) mass is 296 g/mol. The van der Waals surface area contributed by atoms with Crippen LogP contribution in [0, 0.1) is 0 Å². The number of hydrogen-bond acceptors (Lipinski definition) is 5. The average Bonchev–Trinajstić information content (AvgIpc) is 2.32. The van der Waals surface area contributed by atoms with Crippen molar-refractivity contribution in [2.45, 2.75) is 38.8 Å². The maximum atomic E-state index is 11.8. The molecule has 19 heavy (non-hydrogen) atoms. The fourth-order valence-electron chi connectivity index (χ4n) is 1.14. The van der Waals surface area contributed by atoms with E-state index in [1.54, 1.807) is 13.8 Å². The van der Waals surface area contributed by atoms with Crippen LogP contribution in [0.2, 0.25) is 0 Å². The Kier molecular flexibility index (Phi) is 6.95. The van der Waals surface area contributed by atoms with Gasteiger partial charge in [0.25, 0.3) is 10.2 Å². The molecule has 0 aromatic rings. The average molecular weight is 296 g/mol. The molecule has 0 unspecified atom stereocenters. The Bertz CT molecular complexity index is 420. The highest BCUT2D eigenvalue weighted by atomic mass is 32.2. The van der Waals surface area contributed by atoms with Gasteiger partial charge in [0.05, 0.1) is 7.11 Å². The number of rotatable bonds is 8. The highest BCUT2D eigenvalue weighted by Gasteiger charge is 2.28. The smallest absolute Gasteiger partial charge is 0.321 e. The van der Waals surface area contributed by atoms with E-state index in [4.69, 9.17) is 5.11 Å². The molecule has 0 bridgehead atoms. The van der Waals surface area contributed by atoms with Crippen LogP contribution in [0.15, 0.2) is 0 Å². The predicted octanol–water partition coefficient (Wildman–Crippen LogP) is -0.433.